The molecular weight excluding hydrogens is 590 g/mol. The number of nitrogens with zero attached hydrogens (tertiary/aromatic N) is 3. The van der Waals surface area contributed by atoms with Gasteiger partial charge in [-0.3, -0.25) is 0 Å². The highest BCUT2D eigenvalue weighted by Crippen LogP contribution is 2.40. The minimum absolute atomic E-state index is 0.587. The van der Waals surface area contributed by atoms with Gasteiger partial charge in [0.25, 0.3) is 0 Å². The summed E-state index contributed by atoms with van der Waals surface area (Å²) in [4.78, 5) is 15.4. The molecular formula is C43H25N3O2. The molecule has 0 atom stereocenters. The molecule has 0 aliphatic heterocycles. The molecule has 0 fully saturated rings. The molecule has 10 rings (SSSR count). The Morgan fingerprint density at radius 3 is 1.73 bits per heavy atom. The zero-order valence-corrected chi connectivity index (χ0v) is 25.6. The molecule has 0 spiro atoms. The molecule has 0 N–H and O–H groups in total. The molecule has 3 aromatic heterocycles. The van der Waals surface area contributed by atoms with Crippen molar-refractivity contribution in [3.05, 3.63) is 152 Å². The van der Waals surface area contributed by atoms with E-state index in [1.807, 2.05) is 78.9 Å². The van der Waals surface area contributed by atoms with Crippen LogP contribution in [0.1, 0.15) is 0 Å². The Kier molecular flexibility index (Phi) is 5.81. The van der Waals surface area contributed by atoms with Crippen LogP contribution in [0.15, 0.2) is 160 Å². The fourth-order valence-electron chi connectivity index (χ4n) is 6.93. The highest BCUT2D eigenvalue weighted by molar-refractivity contribution is 6.20. The third kappa shape index (κ3) is 4.15. The van der Waals surface area contributed by atoms with Crippen molar-refractivity contribution in [2.45, 2.75) is 0 Å². The standard InChI is InChI=1S/C43H25N3O2/c1-3-11-26(12-4-1)28-21-23-36-34(25-28)40-33(18-10-20-37(40)48-36)43-45-41(27-13-5-2-6-14-27)44-42(46-43)31-17-9-16-30-29(31)22-24-38-39(30)32-15-7-8-19-35(32)47-38/h1-25H. The topological polar surface area (TPSA) is 65.0 Å². The SMILES string of the molecule is c1ccc(-c2ccc3oc4cccc(-c5nc(-c6ccccc6)nc(-c6cccc7c6ccc6oc8ccccc8c67)n5)c4c3c2)cc1. The molecule has 0 radical (unpaired) electrons. The van der Waals surface area contributed by atoms with E-state index in [0.717, 1.165) is 82.5 Å². The number of furan rings is 2. The fourth-order valence-corrected chi connectivity index (χ4v) is 6.93. The van der Waals surface area contributed by atoms with Crippen molar-refractivity contribution >= 4 is 54.6 Å². The lowest BCUT2D eigenvalue weighted by atomic mass is 9.99. The Morgan fingerprint density at radius 2 is 0.896 bits per heavy atom. The molecule has 224 valence electrons. The average Bonchev–Trinajstić information content (AvgIpc) is 3.73. The van der Waals surface area contributed by atoms with E-state index in [1.54, 1.807) is 0 Å². The molecule has 3 heterocycles. The number of benzene rings is 7. The van der Waals surface area contributed by atoms with Crippen LogP contribution in [0.3, 0.4) is 0 Å². The van der Waals surface area contributed by atoms with E-state index in [0.29, 0.717) is 17.5 Å². The van der Waals surface area contributed by atoms with Gasteiger partial charge in [0, 0.05) is 38.2 Å². The van der Waals surface area contributed by atoms with Crippen molar-refractivity contribution in [1.29, 1.82) is 0 Å². The first-order valence-electron chi connectivity index (χ1n) is 15.9. The summed E-state index contributed by atoms with van der Waals surface area (Å²) in [6.07, 6.45) is 0. The number of hydrogen-bond donors (Lipinski definition) is 0. The first-order chi connectivity index (χ1) is 23.8. The van der Waals surface area contributed by atoms with Gasteiger partial charge in [-0.15, -0.1) is 0 Å². The van der Waals surface area contributed by atoms with E-state index < -0.39 is 0 Å². The predicted octanol–water partition coefficient (Wildman–Crippen LogP) is 11.5. The van der Waals surface area contributed by atoms with Crippen molar-refractivity contribution in [3.63, 3.8) is 0 Å². The molecule has 7 aromatic carbocycles. The first kappa shape index (κ1) is 26.6. The summed E-state index contributed by atoms with van der Waals surface area (Å²) in [6.45, 7) is 0. The van der Waals surface area contributed by atoms with Crippen LogP contribution in [0.4, 0.5) is 0 Å². The Bertz CT molecular complexity index is 2840. The number of para-hydroxylation sites is 1. The number of rotatable bonds is 4. The zero-order chi connectivity index (χ0) is 31.6. The molecule has 5 nitrogen and oxygen atoms in total. The monoisotopic (exact) mass is 615 g/mol. The van der Waals surface area contributed by atoms with E-state index in [4.69, 9.17) is 23.8 Å². The Morgan fingerprint density at radius 1 is 0.312 bits per heavy atom. The molecule has 48 heavy (non-hydrogen) atoms. The van der Waals surface area contributed by atoms with Crippen LogP contribution in [0, 0.1) is 0 Å². The smallest absolute Gasteiger partial charge is 0.164 e. The Labute approximate surface area is 274 Å². The molecule has 5 heteroatoms. The fraction of sp³-hybridized carbons (Fsp3) is 0. The van der Waals surface area contributed by atoms with Gasteiger partial charge in [0.15, 0.2) is 17.5 Å². The summed E-state index contributed by atoms with van der Waals surface area (Å²) < 4.78 is 12.6. The van der Waals surface area contributed by atoms with E-state index in [2.05, 4.69) is 72.8 Å². The van der Waals surface area contributed by atoms with E-state index in [-0.39, 0.29) is 0 Å². The third-order valence-electron chi connectivity index (χ3n) is 9.15. The minimum Gasteiger partial charge on any atom is -0.456 e. The quantitative estimate of drug-likeness (QED) is 0.197. The summed E-state index contributed by atoms with van der Waals surface area (Å²) in [5, 5.41) is 6.31. The lowest BCUT2D eigenvalue weighted by Crippen LogP contribution is -2.00. The molecule has 0 unspecified atom stereocenters. The Balaban J connectivity index is 1.24. The van der Waals surface area contributed by atoms with Gasteiger partial charge in [-0.2, -0.15) is 0 Å². The highest BCUT2D eigenvalue weighted by atomic mass is 16.3. The summed E-state index contributed by atoms with van der Waals surface area (Å²) in [7, 11) is 0. The van der Waals surface area contributed by atoms with Crippen molar-refractivity contribution in [2.75, 3.05) is 0 Å². The number of hydrogen-bond acceptors (Lipinski definition) is 5. The van der Waals surface area contributed by atoms with Gasteiger partial charge in [0.1, 0.15) is 22.3 Å². The van der Waals surface area contributed by atoms with Crippen LogP contribution >= 0.6 is 0 Å². The van der Waals surface area contributed by atoms with Crippen LogP contribution in [0.2, 0.25) is 0 Å². The molecule has 0 aliphatic carbocycles. The van der Waals surface area contributed by atoms with Crippen molar-refractivity contribution in [2.24, 2.45) is 0 Å². The second-order valence-corrected chi connectivity index (χ2v) is 12.0. The second kappa shape index (κ2) is 10.5. The van der Waals surface area contributed by atoms with Crippen molar-refractivity contribution in [1.82, 2.24) is 15.0 Å². The van der Waals surface area contributed by atoms with Crippen LogP contribution in [-0.4, -0.2) is 15.0 Å². The largest absolute Gasteiger partial charge is 0.456 e. The van der Waals surface area contributed by atoms with Gasteiger partial charge < -0.3 is 8.83 Å². The molecule has 0 saturated heterocycles. The summed E-state index contributed by atoms with van der Waals surface area (Å²) >= 11 is 0. The van der Waals surface area contributed by atoms with Gasteiger partial charge in [0.05, 0.1) is 0 Å². The van der Waals surface area contributed by atoms with Crippen LogP contribution < -0.4 is 0 Å². The van der Waals surface area contributed by atoms with Crippen molar-refractivity contribution < 1.29 is 8.83 Å². The van der Waals surface area contributed by atoms with Crippen molar-refractivity contribution in [3.8, 4) is 45.3 Å². The molecule has 10 aromatic rings. The summed E-state index contributed by atoms with van der Waals surface area (Å²) in [5.41, 5.74) is 8.34. The van der Waals surface area contributed by atoms with Crippen LogP contribution in [-0.2, 0) is 0 Å². The maximum Gasteiger partial charge on any atom is 0.164 e. The lowest BCUT2D eigenvalue weighted by molar-refractivity contribution is 0.668. The van der Waals surface area contributed by atoms with E-state index in [1.165, 1.54) is 0 Å². The summed E-state index contributed by atoms with van der Waals surface area (Å²) in [5.74, 6) is 1.80. The zero-order valence-electron chi connectivity index (χ0n) is 25.6. The molecule has 0 aliphatic rings. The number of fused-ring (bicyclic) bond motifs is 8. The van der Waals surface area contributed by atoms with Gasteiger partial charge >= 0.3 is 0 Å². The van der Waals surface area contributed by atoms with Crippen LogP contribution in [0.5, 0.6) is 0 Å². The predicted molar refractivity (Wildman–Crippen MR) is 194 cm³/mol. The first-order valence-corrected chi connectivity index (χ1v) is 15.9. The van der Waals surface area contributed by atoms with Gasteiger partial charge in [-0.25, -0.2) is 15.0 Å². The minimum atomic E-state index is 0.587. The number of aromatic nitrogens is 3. The molecule has 0 amide bonds. The van der Waals surface area contributed by atoms with Gasteiger partial charge in [0.2, 0.25) is 0 Å². The van der Waals surface area contributed by atoms with E-state index in [9.17, 15) is 0 Å². The maximum absolute atomic E-state index is 6.38. The average molecular weight is 616 g/mol. The molecule has 0 bridgehead atoms. The van der Waals surface area contributed by atoms with Gasteiger partial charge in [-0.1, -0.05) is 115 Å². The summed E-state index contributed by atoms with van der Waals surface area (Å²) in [6, 6.07) is 51.5. The third-order valence-corrected chi connectivity index (χ3v) is 9.15. The highest BCUT2D eigenvalue weighted by Gasteiger charge is 2.20. The Hall–Kier alpha value is -6.59. The normalized spacial score (nSPS) is 11.8. The van der Waals surface area contributed by atoms with Gasteiger partial charge in [-0.05, 0) is 58.3 Å². The maximum atomic E-state index is 6.38. The second-order valence-electron chi connectivity index (χ2n) is 12.0. The molecule has 0 saturated carbocycles. The van der Waals surface area contributed by atoms with E-state index >= 15 is 0 Å². The lowest BCUT2D eigenvalue weighted by Gasteiger charge is -2.11. The van der Waals surface area contributed by atoms with Crippen LogP contribution in [0.25, 0.3) is 99.9 Å².